The van der Waals surface area contributed by atoms with Crippen molar-refractivity contribution in [3.05, 3.63) is 55.7 Å². The minimum Gasteiger partial charge on any atom is -0.144 e. The monoisotopic (exact) mass is 372 g/mol. The largest absolute Gasteiger partial charge is 0.144 e. The van der Waals surface area contributed by atoms with Crippen LogP contribution < -0.4 is 0 Å². The van der Waals surface area contributed by atoms with Gasteiger partial charge in [0.15, 0.2) is 0 Å². The first kappa shape index (κ1) is 13.3. The highest BCUT2D eigenvalue weighted by Gasteiger charge is 2.13. The maximum atomic E-state index is 3.79. The fourth-order valence-corrected chi connectivity index (χ4v) is 4.08. The van der Waals surface area contributed by atoms with Crippen molar-refractivity contribution in [3.63, 3.8) is 0 Å². The average Bonchev–Trinajstić information content (AvgIpc) is 2.75. The maximum Gasteiger partial charge on any atom is 0.0738 e. The Labute approximate surface area is 123 Å². The molecule has 0 spiro atoms. The first-order chi connectivity index (χ1) is 8.10. The lowest BCUT2D eigenvalue weighted by atomic mass is 10.1. The molecule has 17 heavy (non-hydrogen) atoms. The molecule has 3 heteroatoms. The van der Waals surface area contributed by atoms with Crippen LogP contribution in [-0.2, 0) is 6.42 Å². The van der Waals surface area contributed by atoms with E-state index in [-0.39, 0.29) is 0 Å². The van der Waals surface area contributed by atoms with Crippen molar-refractivity contribution in [1.29, 1.82) is 0 Å². The molecule has 0 nitrogen and oxygen atoms in total. The molecule has 0 radical (unpaired) electrons. The fourth-order valence-electron chi connectivity index (χ4n) is 1.80. The number of benzene rings is 1. The van der Waals surface area contributed by atoms with Gasteiger partial charge in [-0.05, 0) is 48.7 Å². The molecule has 1 heterocycles. The van der Waals surface area contributed by atoms with Crippen LogP contribution in [0, 0.1) is 6.92 Å². The molecular weight excluding hydrogens is 360 g/mol. The van der Waals surface area contributed by atoms with Crippen LogP contribution >= 0.6 is 43.2 Å². The van der Waals surface area contributed by atoms with Gasteiger partial charge in [-0.1, -0.05) is 44.8 Å². The van der Waals surface area contributed by atoms with Crippen LogP contribution in [-0.4, -0.2) is 0 Å². The highest BCUT2D eigenvalue weighted by molar-refractivity contribution is 9.10. The van der Waals surface area contributed by atoms with Crippen LogP contribution in [0.3, 0.4) is 0 Å². The Balaban J connectivity index is 2.32. The number of rotatable bonds is 3. The van der Waals surface area contributed by atoms with Gasteiger partial charge in [-0.2, -0.15) is 0 Å². The zero-order valence-electron chi connectivity index (χ0n) is 9.84. The van der Waals surface area contributed by atoms with E-state index < -0.39 is 0 Å². The quantitative estimate of drug-likeness (QED) is 0.590. The van der Waals surface area contributed by atoms with Crippen molar-refractivity contribution >= 4 is 43.2 Å². The molecule has 1 aromatic heterocycles. The molecule has 0 amide bonds. The molecule has 0 saturated heterocycles. The number of alkyl halides is 1. The van der Waals surface area contributed by atoms with E-state index in [1.165, 1.54) is 20.9 Å². The Bertz CT molecular complexity index is 496. The lowest BCUT2D eigenvalue weighted by molar-refractivity contribution is 1.19. The Morgan fingerprint density at radius 2 is 2.00 bits per heavy atom. The van der Waals surface area contributed by atoms with Crippen molar-refractivity contribution in [3.8, 4) is 0 Å². The lowest BCUT2D eigenvalue weighted by Gasteiger charge is -2.10. The number of hydrogen-bond donors (Lipinski definition) is 0. The van der Waals surface area contributed by atoms with E-state index in [1.54, 1.807) is 0 Å². The number of aryl methyl sites for hydroxylation is 2. The van der Waals surface area contributed by atoms with E-state index in [2.05, 4.69) is 76.0 Å². The first-order valence-electron chi connectivity index (χ1n) is 5.60. The molecule has 1 atom stereocenters. The fraction of sp³-hybridized carbons (Fsp3) is 0.286. The second kappa shape index (κ2) is 5.68. The third-order valence-electron chi connectivity index (χ3n) is 2.64. The van der Waals surface area contributed by atoms with E-state index in [9.17, 15) is 0 Å². The normalized spacial score (nSPS) is 12.7. The summed E-state index contributed by atoms with van der Waals surface area (Å²) >= 11 is 9.24. The summed E-state index contributed by atoms with van der Waals surface area (Å²) in [4.78, 5) is 3.11. The standard InChI is InChI=1S/C14H14Br2S/c1-3-12-4-5-13(17-12)14(16)10-6-9(2)7-11(15)8-10/h4-8,14H,3H2,1-2H3. The summed E-state index contributed by atoms with van der Waals surface area (Å²) in [5, 5.41) is 0. The molecule has 0 bridgehead atoms. The third kappa shape index (κ3) is 3.21. The number of halogens is 2. The van der Waals surface area contributed by atoms with Gasteiger partial charge in [0.05, 0.1) is 4.83 Å². The van der Waals surface area contributed by atoms with Gasteiger partial charge < -0.3 is 0 Å². The van der Waals surface area contributed by atoms with E-state index in [0.29, 0.717) is 4.83 Å². The van der Waals surface area contributed by atoms with Gasteiger partial charge in [-0.3, -0.25) is 0 Å². The molecule has 0 aliphatic heterocycles. The van der Waals surface area contributed by atoms with Gasteiger partial charge in [0.25, 0.3) is 0 Å². The van der Waals surface area contributed by atoms with Crippen molar-refractivity contribution in [2.24, 2.45) is 0 Å². The summed E-state index contributed by atoms with van der Waals surface area (Å²) in [7, 11) is 0. The van der Waals surface area contributed by atoms with E-state index in [0.717, 1.165) is 10.9 Å². The second-order valence-electron chi connectivity index (χ2n) is 4.08. The Morgan fingerprint density at radius 3 is 2.59 bits per heavy atom. The smallest absolute Gasteiger partial charge is 0.0738 e. The van der Waals surface area contributed by atoms with Crippen LogP contribution in [0.25, 0.3) is 0 Å². The SMILES string of the molecule is CCc1ccc(C(Br)c2cc(C)cc(Br)c2)s1. The van der Waals surface area contributed by atoms with Gasteiger partial charge in [0.1, 0.15) is 0 Å². The van der Waals surface area contributed by atoms with Crippen molar-refractivity contribution in [2.45, 2.75) is 25.1 Å². The Kier molecular flexibility index (Phi) is 4.45. The average molecular weight is 374 g/mol. The summed E-state index contributed by atoms with van der Waals surface area (Å²) in [6, 6.07) is 11.0. The minimum atomic E-state index is 0.295. The zero-order valence-corrected chi connectivity index (χ0v) is 13.8. The zero-order chi connectivity index (χ0) is 12.4. The summed E-state index contributed by atoms with van der Waals surface area (Å²) in [6.45, 7) is 4.32. The minimum absolute atomic E-state index is 0.295. The van der Waals surface area contributed by atoms with E-state index >= 15 is 0 Å². The highest BCUT2D eigenvalue weighted by atomic mass is 79.9. The van der Waals surface area contributed by atoms with Gasteiger partial charge >= 0.3 is 0 Å². The first-order valence-corrected chi connectivity index (χ1v) is 8.12. The van der Waals surface area contributed by atoms with Crippen LogP contribution in [0.4, 0.5) is 0 Å². The summed E-state index contributed by atoms with van der Waals surface area (Å²) in [5.41, 5.74) is 2.59. The van der Waals surface area contributed by atoms with E-state index in [4.69, 9.17) is 0 Å². The van der Waals surface area contributed by atoms with Crippen LogP contribution in [0.1, 0.15) is 32.6 Å². The molecule has 0 saturated carbocycles. The van der Waals surface area contributed by atoms with Gasteiger partial charge in [0.2, 0.25) is 0 Å². The number of thiophene rings is 1. The highest BCUT2D eigenvalue weighted by Crippen LogP contribution is 2.36. The van der Waals surface area contributed by atoms with Crippen molar-refractivity contribution < 1.29 is 0 Å². The molecule has 0 N–H and O–H groups in total. The molecule has 0 aliphatic carbocycles. The molecule has 1 aromatic carbocycles. The molecule has 1 unspecified atom stereocenters. The van der Waals surface area contributed by atoms with Crippen LogP contribution in [0.15, 0.2) is 34.8 Å². The van der Waals surface area contributed by atoms with E-state index in [1.807, 2.05) is 11.3 Å². The Morgan fingerprint density at radius 1 is 1.24 bits per heavy atom. The lowest BCUT2D eigenvalue weighted by Crippen LogP contribution is -1.90. The van der Waals surface area contributed by atoms with Crippen molar-refractivity contribution in [1.82, 2.24) is 0 Å². The number of hydrogen-bond acceptors (Lipinski definition) is 1. The predicted octanol–water partition coefficient (Wildman–Crippen LogP) is 5.87. The summed E-state index contributed by atoms with van der Waals surface area (Å²) in [6.07, 6.45) is 1.11. The summed E-state index contributed by atoms with van der Waals surface area (Å²) < 4.78 is 1.14. The van der Waals surface area contributed by atoms with Gasteiger partial charge in [0, 0.05) is 14.2 Å². The molecule has 90 valence electrons. The predicted molar refractivity (Wildman–Crippen MR) is 83.3 cm³/mol. The van der Waals surface area contributed by atoms with Crippen molar-refractivity contribution in [2.75, 3.05) is 0 Å². The van der Waals surface area contributed by atoms with Crippen LogP contribution in [0.5, 0.6) is 0 Å². The molecular formula is C14H14Br2S. The molecule has 0 fully saturated rings. The van der Waals surface area contributed by atoms with Gasteiger partial charge in [-0.15, -0.1) is 11.3 Å². The molecule has 0 aliphatic rings. The molecule has 2 aromatic rings. The van der Waals surface area contributed by atoms with Gasteiger partial charge in [-0.25, -0.2) is 0 Å². The van der Waals surface area contributed by atoms with Crippen LogP contribution in [0.2, 0.25) is 0 Å². The maximum absolute atomic E-state index is 3.79. The topological polar surface area (TPSA) is 0 Å². The second-order valence-corrected chi connectivity index (χ2v) is 7.11. The third-order valence-corrected chi connectivity index (χ3v) is 5.72. The Hall–Kier alpha value is -0.120. The molecule has 2 rings (SSSR count). The summed E-state index contributed by atoms with van der Waals surface area (Å²) in [5.74, 6) is 0.